The van der Waals surface area contributed by atoms with Gasteiger partial charge in [-0.05, 0) is 19.3 Å². The maximum absolute atomic E-state index is 10.0. The van der Waals surface area contributed by atoms with Gasteiger partial charge >= 0.3 is 0 Å². The van der Waals surface area contributed by atoms with Gasteiger partial charge in [0.15, 0.2) is 6.29 Å². The molecule has 21 heavy (non-hydrogen) atoms. The third-order valence-corrected chi connectivity index (χ3v) is 4.19. The SMILES string of the molecule is COC(CCCCCCCC/C(O)=C1\C=CC=C1[Si])OC. The number of rotatable bonds is 11. The summed E-state index contributed by atoms with van der Waals surface area (Å²) in [6, 6.07) is 0. The molecule has 1 rings (SSSR count). The first-order chi connectivity index (χ1) is 10.2. The number of aliphatic hydroxyl groups is 1. The molecule has 0 aromatic rings. The molecule has 3 nitrogen and oxygen atoms in total. The van der Waals surface area contributed by atoms with Gasteiger partial charge in [-0.15, -0.1) is 0 Å². The van der Waals surface area contributed by atoms with Gasteiger partial charge in [0.05, 0.1) is 16.0 Å². The van der Waals surface area contributed by atoms with Crippen molar-refractivity contribution >= 4 is 10.2 Å². The lowest BCUT2D eigenvalue weighted by atomic mass is 10.1. The quantitative estimate of drug-likeness (QED) is 0.269. The molecule has 0 heterocycles. The summed E-state index contributed by atoms with van der Waals surface area (Å²) in [5, 5.41) is 11.0. The van der Waals surface area contributed by atoms with Gasteiger partial charge in [0, 0.05) is 26.2 Å². The summed E-state index contributed by atoms with van der Waals surface area (Å²) in [5.41, 5.74) is 0.928. The van der Waals surface area contributed by atoms with Gasteiger partial charge in [0.25, 0.3) is 0 Å². The van der Waals surface area contributed by atoms with Crippen LogP contribution in [0.25, 0.3) is 0 Å². The monoisotopic (exact) mass is 307 g/mol. The standard InChI is InChI=1S/C17H27O3Si/c1-19-17(20-2)13-8-6-4-3-5-7-11-15(18)14-10-9-12-16(14)21/h9-10,12,17-18H,3-8,11,13H2,1-2H3/b15-14-. The number of unbranched alkanes of at least 4 members (excludes halogenated alkanes) is 5. The van der Waals surface area contributed by atoms with Crippen LogP contribution < -0.4 is 0 Å². The van der Waals surface area contributed by atoms with Crippen molar-refractivity contribution in [3.05, 3.63) is 34.8 Å². The third kappa shape index (κ3) is 7.11. The van der Waals surface area contributed by atoms with E-state index in [4.69, 9.17) is 9.47 Å². The van der Waals surface area contributed by atoms with Gasteiger partial charge in [-0.1, -0.05) is 49.1 Å². The van der Waals surface area contributed by atoms with Crippen LogP contribution in [0.1, 0.15) is 51.4 Å². The molecule has 0 saturated carbocycles. The maximum Gasteiger partial charge on any atom is 0.156 e. The molecule has 0 bridgehead atoms. The van der Waals surface area contributed by atoms with E-state index in [9.17, 15) is 5.11 Å². The van der Waals surface area contributed by atoms with E-state index in [2.05, 4.69) is 10.2 Å². The lowest BCUT2D eigenvalue weighted by Gasteiger charge is -2.12. The van der Waals surface area contributed by atoms with Crippen molar-refractivity contribution in [3.8, 4) is 0 Å². The number of hydrogen-bond donors (Lipinski definition) is 1. The predicted octanol–water partition coefficient (Wildman–Crippen LogP) is 4.16. The Bertz CT molecular complexity index is 381. The predicted molar refractivity (Wildman–Crippen MR) is 87.4 cm³/mol. The highest BCUT2D eigenvalue weighted by molar-refractivity contribution is 6.25. The maximum atomic E-state index is 10.0. The molecule has 1 N–H and O–H groups in total. The summed E-state index contributed by atoms with van der Waals surface area (Å²) < 4.78 is 10.3. The van der Waals surface area contributed by atoms with Gasteiger partial charge < -0.3 is 14.6 Å². The fourth-order valence-corrected chi connectivity index (χ4v) is 2.77. The lowest BCUT2D eigenvalue weighted by Crippen LogP contribution is -2.12. The molecule has 0 fully saturated rings. The van der Waals surface area contributed by atoms with Crippen LogP contribution in [0.15, 0.2) is 34.8 Å². The molecule has 0 atom stereocenters. The molecule has 1 aliphatic carbocycles. The van der Waals surface area contributed by atoms with Crippen LogP contribution in [0.2, 0.25) is 0 Å². The minimum absolute atomic E-state index is 0.0561. The fourth-order valence-electron chi connectivity index (χ4n) is 2.45. The molecule has 117 valence electrons. The number of allylic oxidation sites excluding steroid dienone is 6. The third-order valence-electron chi connectivity index (χ3n) is 3.76. The molecule has 0 unspecified atom stereocenters. The van der Waals surface area contributed by atoms with Crippen LogP contribution in [0, 0.1) is 0 Å². The Labute approximate surface area is 132 Å². The molecular formula is C17H27O3Si. The van der Waals surface area contributed by atoms with Gasteiger partial charge in [-0.25, -0.2) is 0 Å². The lowest BCUT2D eigenvalue weighted by molar-refractivity contribution is -0.107. The Morgan fingerprint density at radius 3 is 2.29 bits per heavy atom. The van der Waals surface area contributed by atoms with Crippen LogP contribution in [0.5, 0.6) is 0 Å². The largest absolute Gasteiger partial charge is 0.512 e. The zero-order chi connectivity index (χ0) is 15.5. The highest BCUT2D eigenvalue weighted by atomic mass is 28.1. The van der Waals surface area contributed by atoms with E-state index in [0.717, 1.165) is 36.5 Å². The molecule has 3 radical (unpaired) electrons. The fraction of sp³-hybridized carbons (Fsp3) is 0.647. The summed E-state index contributed by atoms with van der Waals surface area (Å²) in [6.07, 6.45) is 14.5. The van der Waals surface area contributed by atoms with Crippen LogP contribution in [-0.2, 0) is 9.47 Å². The van der Waals surface area contributed by atoms with Gasteiger partial charge in [-0.2, -0.15) is 0 Å². The molecule has 0 saturated heterocycles. The zero-order valence-corrected chi connectivity index (χ0v) is 14.2. The van der Waals surface area contributed by atoms with Crippen molar-refractivity contribution in [2.24, 2.45) is 0 Å². The Morgan fingerprint density at radius 2 is 1.71 bits per heavy atom. The molecule has 0 amide bonds. The van der Waals surface area contributed by atoms with Crippen molar-refractivity contribution in [1.82, 2.24) is 0 Å². The Balaban J connectivity index is 2.00. The molecule has 0 aliphatic heterocycles. The van der Waals surface area contributed by atoms with E-state index in [0.29, 0.717) is 5.76 Å². The molecule has 1 aliphatic rings. The van der Waals surface area contributed by atoms with E-state index in [-0.39, 0.29) is 6.29 Å². The van der Waals surface area contributed by atoms with Crippen molar-refractivity contribution in [1.29, 1.82) is 0 Å². The van der Waals surface area contributed by atoms with Gasteiger partial charge in [0.1, 0.15) is 0 Å². The normalized spacial score (nSPS) is 16.7. The van der Waals surface area contributed by atoms with Crippen molar-refractivity contribution in [2.75, 3.05) is 14.2 Å². The van der Waals surface area contributed by atoms with Crippen LogP contribution in [0.3, 0.4) is 0 Å². The van der Waals surface area contributed by atoms with Crippen LogP contribution in [-0.4, -0.2) is 35.9 Å². The van der Waals surface area contributed by atoms with E-state index >= 15 is 0 Å². The first-order valence-electron chi connectivity index (χ1n) is 7.77. The second-order valence-corrected chi connectivity index (χ2v) is 5.90. The topological polar surface area (TPSA) is 38.7 Å². The van der Waals surface area contributed by atoms with Crippen molar-refractivity contribution in [2.45, 2.75) is 57.7 Å². The second-order valence-electron chi connectivity index (χ2n) is 5.36. The number of aliphatic hydroxyl groups excluding tert-OH is 1. The second kappa shape index (κ2) is 10.8. The van der Waals surface area contributed by atoms with E-state index in [1.54, 1.807) is 14.2 Å². The summed E-state index contributed by atoms with van der Waals surface area (Å²) in [4.78, 5) is 0. The van der Waals surface area contributed by atoms with Crippen LogP contribution >= 0.6 is 0 Å². The molecule has 0 aromatic carbocycles. The van der Waals surface area contributed by atoms with E-state index in [1.165, 1.54) is 25.7 Å². The Hall–Kier alpha value is -0.843. The Morgan fingerprint density at radius 1 is 1.10 bits per heavy atom. The highest BCUT2D eigenvalue weighted by Crippen LogP contribution is 2.21. The molecule has 4 heteroatoms. The average Bonchev–Trinajstić information content (AvgIpc) is 2.92. The smallest absolute Gasteiger partial charge is 0.156 e. The van der Waals surface area contributed by atoms with Gasteiger partial charge in [-0.3, -0.25) is 0 Å². The van der Waals surface area contributed by atoms with Crippen molar-refractivity contribution < 1.29 is 14.6 Å². The molecule has 0 spiro atoms. The average molecular weight is 307 g/mol. The summed E-state index contributed by atoms with van der Waals surface area (Å²) in [5.74, 6) is 0.494. The summed E-state index contributed by atoms with van der Waals surface area (Å²) >= 11 is 0. The first kappa shape index (κ1) is 18.2. The van der Waals surface area contributed by atoms with Crippen LogP contribution in [0.4, 0.5) is 0 Å². The van der Waals surface area contributed by atoms with E-state index < -0.39 is 0 Å². The minimum atomic E-state index is -0.0561. The molecular weight excluding hydrogens is 280 g/mol. The highest BCUT2D eigenvalue weighted by Gasteiger charge is 2.08. The zero-order valence-electron chi connectivity index (χ0n) is 13.2. The number of ether oxygens (including phenoxy) is 2. The first-order valence-corrected chi connectivity index (χ1v) is 8.27. The number of hydrogen-bond acceptors (Lipinski definition) is 3. The van der Waals surface area contributed by atoms with E-state index in [1.807, 2.05) is 18.2 Å². The summed E-state index contributed by atoms with van der Waals surface area (Å²) in [7, 11) is 6.86. The minimum Gasteiger partial charge on any atom is -0.512 e. The van der Waals surface area contributed by atoms with Gasteiger partial charge in [0.2, 0.25) is 0 Å². The summed E-state index contributed by atoms with van der Waals surface area (Å²) in [6.45, 7) is 0. The molecule has 0 aromatic heterocycles. The Kier molecular flexibility index (Phi) is 9.38. The van der Waals surface area contributed by atoms with Crippen molar-refractivity contribution in [3.63, 3.8) is 0 Å². The number of methoxy groups -OCH3 is 2.